The first-order valence-corrected chi connectivity index (χ1v) is 5.68. The van der Waals surface area contributed by atoms with Gasteiger partial charge in [-0.3, -0.25) is 4.21 Å². The van der Waals surface area contributed by atoms with Crippen LogP contribution in [0.15, 0.2) is 12.8 Å². The van der Waals surface area contributed by atoms with Crippen LogP contribution in [-0.4, -0.2) is 21.3 Å². The number of hydrogen-bond donors (Lipinski definition) is 0. The summed E-state index contributed by atoms with van der Waals surface area (Å²) in [5.41, 5.74) is 0. The Morgan fingerprint density at radius 3 is 2.83 bits per heavy atom. The van der Waals surface area contributed by atoms with Crippen molar-refractivity contribution in [2.24, 2.45) is 0 Å². The number of rotatable bonds is 6. The summed E-state index contributed by atoms with van der Waals surface area (Å²) in [6.45, 7) is 6.28. The predicted molar refractivity (Wildman–Crippen MR) is 51.4 cm³/mol. The zero-order valence-corrected chi connectivity index (χ0v) is 8.36. The normalized spacial score (nSPS) is 32.9. The smallest absolute Gasteiger partial charge is 0.0873 e. The van der Waals surface area contributed by atoms with Crippen molar-refractivity contribution in [2.45, 2.75) is 30.9 Å². The van der Waals surface area contributed by atoms with E-state index in [0.717, 1.165) is 25.0 Å². The van der Waals surface area contributed by atoms with Crippen LogP contribution >= 0.6 is 0 Å². The molecular formula is C9H16O2S. The zero-order chi connectivity index (χ0) is 9.03. The topological polar surface area (TPSA) is 26.3 Å². The molecule has 12 heavy (non-hydrogen) atoms. The van der Waals surface area contributed by atoms with E-state index in [9.17, 15) is 4.21 Å². The van der Waals surface area contributed by atoms with Crippen LogP contribution in [-0.2, 0) is 15.5 Å². The molecule has 0 aromatic heterocycles. The maximum atomic E-state index is 11.2. The van der Waals surface area contributed by atoms with Crippen molar-refractivity contribution in [1.82, 2.24) is 0 Å². The van der Waals surface area contributed by atoms with Crippen LogP contribution < -0.4 is 0 Å². The van der Waals surface area contributed by atoms with E-state index in [1.54, 1.807) is 0 Å². The minimum Gasteiger partial charge on any atom is -0.502 e. The molecule has 2 unspecified atom stereocenters. The van der Waals surface area contributed by atoms with E-state index in [-0.39, 0.29) is 4.75 Å². The van der Waals surface area contributed by atoms with Crippen LogP contribution in [0.4, 0.5) is 0 Å². The summed E-state index contributed by atoms with van der Waals surface area (Å²) in [6.07, 6.45) is 4.52. The third kappa shape index (κ3) is 2.09. The lowest BCUT2D eigenvalue weighted by Crippen LogP contribution is -2.10. The first-order valence-electron chi connectivity index (χ1n) is 4.36. The van der Waals surface area contributed by atoms with Crippen LogP contribution in [0.2, 0.25) is 0 Å². The molecule has 0 aliphatic carbocycles. The second-order valence-corrected chi connectivity index (χ2v) is 5.01. The van der Waals surface area contributed by atoms with Gasteiger partial charge in [-0.25, -0.2) is 0 Å². The van der Waals surface area contributed by atoms with Gasteiger partial charge in [0.25, 0.3) is 0 Å². The summed E-state index contributed by atoms with van der Waals surface area (Å²) < 4.78 is 16.3. The fourth-order valence-electron chi connectivity index (χ4n) is 1.40. The Kier molecular flexibility index (Phi) is 3.32. The highest BCUT2D eigenvalue weighted by molar-refractivity contribution is 7.94. The lowest BCUT2D eigenvalue weighted by atomic mass is 10.0. The molecule has 0 N–H and O–H groups in total. The molecular weight excluding hydrogens is 172 g/mol. The van der Waals surface area contributed by atoms with Crippen molar-refractivity contribution < 1.29 is 8.95 Å². The number of ether oxygens (including phenoxy) is 1. The second-order valence-electron chi connectivity index (χ2n) is 3.17. The lowest BCUT2D eigenvalue weighted by Gasteiger charge is -2.08. The van der Waals surface area contributed by atoms with Crippen molar-refractivity contribution in [2.75, 3.05) is 12.4 Å². The molecule has 2 atom stereocenters. The highest BCUT2D eigenvalue weighted by Crippen LogP contribution is 2.39. The summed E-state index contributed by atoms with van der Waals surface area (Å²) in [7, 11) is -0.544. The molecule has 0 amide bonds. The third-order valence-corrected chi connectivity index (χ3v) is 4.51. The van der Waals surface area contributed by atoms with Gasteiger partial charge in [0.1, 0.15) is 0 Å². The molecule has 3 heteroatoms. The summed E-state index contributed by atoms with van der Waals surface area (Å²) in [5, 5.41) is 0. The van der Waals surface area contributed by atoms with Crippen molar-refractivity contribution >= 4 is 10.8 Å². The zero-order valence-electron chi connectivity index (χ0n) is 7.54. The minimum atomic E-state index is -0.544. The molecule has 1 heterocycles. The van der Waals surface area contributed by atoms with Crippen LogP contribution in [0.25, 0.3) is 0 Å². The van der Waals surface area contributed by atoms with Gasteiger partial charge in [-0.05, 0) is 19.3 Å². The standard InChI is InChI=1S/C9H16O2S/c1-3-9(8-12(9)10)6-5-7-11-4-2/h4H,2-3,5-8H2,1H3. The van der Waals surface area contributed by atoms with Gasteiger partial charge in [0, 0.05) is 16.6 Å². The first-order chi connectivity index (χ1) is 5.75. The molecule has 0 spiro atoms. The van der Waals surface area contributed by atoms with E-state index in [4.69, 9.17) is 4.74 Å². The summed E-state index contributed by atoms with van der Waals surface area (Å²) in [4.78, 5) is 0. The predicted octanol–water partition coefficient (Wildman–Crippen LogP) is 1.84. The van der Waals surface area contributed by atoms with Crippen molar-refractivity contribution in [3.63, 3.8) is 0 Å². The van der Waals surface area contributed by atoms with Gasteiger partial charge in [-0.1, -0.05) is 13.5 Å². The second kappa shape index (κ2) is 4.08. The molecule has 1 aliphatic heterocycles. The molecule has 0 saturated carbocycles. The molecule has 0 bridgehead atoms. The van der Waals surface area contributed by atoms with Gasteiger partial charge in [0.2, 0.25) is 0 Å². The van der Waals surface area contributed by atoms with Gasteiger partial charge >= 0.3 is 0 Å². The summed E-state index contributed by atoms with van der Waals surface area (Å²) >= 11 is 0. The van der Waals surface area contributed by atoms with Crippen LogP contribution in [0.3, 0.4) is 0 Å². The molecule has 2 nitrogen and oxygen atoms in total. The van der Waals surface area contributed by atoms with E-state index >= 15 is 0 Å². The molecule has 1 fully saturated rings. The Hall–Kier alpha value is -0.310. The van der Waals surface area contributed by atoms with Crippen molar-refractivity contribution in [3.05, 3.63) is 12.8 Å². The monoisotopic (exact) mass is 188 g/mol. The van der Waals surface area contributed by atoms with E-state index < -0.39 is 10.8 Å². The van der Waals surface area contributed by atoms with E-state index in [2.05, 4.69) is 13.5 Å². The molecule has 0 aromatic rings. The van der Waals surface area contributed by atoms with Crippen LogP contribution in [0, 0.1) is 0 Å². The van der Waals surface area contributed by atoms with Gasteiger partial charge in [-0.15, -0.1) is 0 Å². The maximum absolute atomic E-state index is 11.2. The molecule has 0 aromatic carbocycles. The minimum absolute atomic E-state index is 0.157. The lowest BCUT2D eigenvalue weighted by molar-refractivity contribution is 0.240. The summed E-state index contributed by atoms with van der Waals surface area (Å²) in [6, 6.07) is 0. The fourth-order valence-corrected chi connectivity index (χ4v) is 3.00. The average Bonchev–Trinajstić information content (AvgIpc) is 2.72. The van der Waals surface area contributed by atoms with E-state index in [0.29, 0.717) is 6.61 Å². The Bertz CT molecular complexity index is 191. The van der Waals surface area contributed by atoms with Gasteiger partial charge in [0.05, 0.1) is 17.6 Å². The molecule has 1 rings (SSSR count). The maximum Gasteiger partial charge on any atom is 0.0873 e. The van der Waals surface area contributed by atoms with E-state index in [1.807, 2.05) is 0 Å². The SMILES string of the molecule is C=COCCCC1(CC)CS1=O. The summed E-state index contributed by atoms with van der Waals surface area (Å²) in [5.74, 6) is 0.900. The van der Waals surface area contributed by atoms with Crippen molar-refractivity contribution in [3.8, 4) is 0 Å². The molecule has 1 saturated heterocycles. The molecule has 70 valence electrons. The van der Waals surface area contributed by atoms with Gasteiger partial charge < -0.3 is 4.74 Å². The highest BCUT2D eigenvalue weighted by atomic mass is 32.2. The Morgan fingerprint density at radius 1 is 1.75 bits per heavy atom. The Balaban J connectivity index is 2.14. The van der Waals surface area contributed by atoms with Crippen LogP contribution in [0.5, 0.6) is 0 Å². The average molecular weight is 188 g/mol. The largest absolute Gasteiger partial charge is 0.502 e. The third-order valence-electron chi connectivity index (χ3n) is 2.45. The molecule has 1 aliphatic rings. The highest BCUT2D eigenvalue weighted by Gasteiger charge is 2.49. The van der Waals surface area contributed by atoms with E-state index in [1.165, 1.54) is 6.26 Å². The van der Waals surface area contributed by atoms with Crippen molar-refractivity contribution in [1.29, 1.82) is 0 Å². The van der Waals surface area contributed by atoms with Gasteiger partial charge in [0.15, 0.2) is 0 Å². The quantitative estimate of drug-likeness (QED) is 0.361. The Morgan fingerprint density at radius 2 is 2.42 bits per heavy atom. The first kappa shape index (κ1) is 9.78. The fraction of sp³-hybridized carbons (Fsp3) is 0.778. The Labute approximate surface area is 76.5 Å². The molecule has 0 radical (unpaired) electrons. The number of hydrogen-bond acceptors (Lipinski definition) is 2. The van der Waals surface area contributed by atoms with Gasteiger partial charge in [-0.2, -0.15) is 0 Å². The van der Waals surface area contributed by atoms with Crippen LogP contribution in [0.1, 0.15) is 26.2 Å².